The Labute approximate surface area is 135 Å². The van der Waals surface area contributed by atoms with Gasteiger partial charge in [0.05, 0.1) is 6.61 Å². The van der Waals surface area contributed by atoms with Gasteiger partial charge in [-0.3, -0.25) is 14.7 Å². The van der Waals surface area contributed by atoms with Crippen molar-refractivity contribution in [2.75, 3.05) is 26.8 Å². The molecule has 124 valence electrons. The molecular weight excluding hydrogens is 294 g/mol. The number of aromatic amines is 1. The molecule has 6 heteroatoms. The summed E-state index contributed by atoms with van der Waals surface area (Å²) in [7, 11) is 1.70. The Bertz CT molecular complexity index is 626. The van der Waals surface area contributed by atoms with Crippen LogP contribution in [0.4, 0.5) is 0 Å². The van der Waals surface area contributed by atoms with Gasteiger partial charge in [0, 0.05) is 32.6 Å². The van der Waals surface area contributed by atoms with Crippen LogP contribution < -0.4 is 5.56 Å². The lowest BCUT2D eigenvalue weighted by Gasteiger charge is -2.24. The van der Waals surface area contributed by atoms with E-state index in [-0.39, 0.29) is 17.8 Å². The Morgan fingerprint density at radius 1 is 1.35 bits per heavy atom. The number of methoxy groups -OCH3 is 1. The average Bonchev–Trinajstić information content (AvgIpc) is 3.03. The molecule has 2 aliphatic rings. The second kappa shape index (κ2) is 7.68. The number of likely N-dealkylation sites (tertiary alicyclic amines) is 1. The van der Waals surface area contributed by atoms with Crippen molar-refractivity contribution in [1.29, 1.82) is 0 Å². The molecule has 23 heavy (non-hydrogen) atoms. The van der Waals surface area contributed by atoms with Crippen molar-refractivity contribution in [2.45, 2.75) is 25.2 Å². The van der Waals surface area contributed by atoms with Gasteiger partial charge in [-0.1, -0.05) is 24.3 Å². The van der Waals surface area contributed by atoms with Crippen molar-refractivity contribution in [3.05, 3.63) is 52.7 Å². The van der Waals surface area contributed by atoms with E-state index in [1.165, 1.54) is 0 Å². The quantitative estimate of drug-likeness (QED) is 0.851. The van der Waals surface area contributed by atoms with Crippen LogP contribution in [0, 0.1) is 5.92 Å². The third-order valence-electron chi connectivity index (χ3n) is 4.36. The molecule has 1 aliphatic heterocycles. The Hall–Kier alpha value is -1.76. The molecule has 1 aromatic heterocycles. The molecule has 1 aromatic rings. The van der Waals surface area contributed by atoms with Crippen LogP contribution in [0.2, 0.25) is 0 Å². The third kappa shape index (κ3) is 4.16. The number of H-pyrrole nitrogens is 1. The van der Waals surface area contributed by atoms with Crippen molar-refractivity contribution in [3.8, 4) is 0 Å². The summed E-state index contributed by atoms with van der Waals surface area (Å²) < 4.78 is 11.4. The van der Waals surface area contributed by atoms with E-state index in [2.05, 4.69) is 14.9 Å². The maximum atomic E-state index is 11.7. The molecule has 1 aliphatic carbocycles. The van der Waals surface area contributed by atoms with Gasteiger partial charge in [-0.15, -0.1) is 0 Å². The Morgan fingerprint density at radius 3 is 2.96 bits per heavy atom. The standard InChI is InChI=1S/C17H23N3O3/c1-22-15-4-2-3-5-16(15)23-12-13-6-9-20(10-13)11-14-17(21)19-8-7-18-14/h2-5,7-8,13,15-16H,6,9-12H2,1H3,(H,19,21). The number of hydrogen-bond acceptors (Lipinski definition) is 5. The molecular formula is C17H23N3O3. The van der Waals surface area contributed by atoms with Gasteiger partial charge in [0.15, 0.2) is 0 Å². The Morgan fingerprint density at radius 2 is 2.17 bits per heavy atom. The van der Waals surface area contributed by atoms with Crippen molar-refractivity contribution in [1.82, 2.24) is 14.9 Å². The van der Waals surface area contributed by atoms with Gasteiger partial charge in [-0.2, -0.15) is 0 Å². The highest BCUT2D eigenvalue weighted by molar-refractivity contribution is 5.16. The van der Waals surface area contributed by atoms with E-state index in [1.54, 1.807) is 19.5 Å². The van der Waals surface area contributed by atoms with E-state index in [1.807, 2.05) is 24.3 Å². The van der Waals surface area contributed by atoms with Crippen LogP contribution in [0.15, 0.2) is 41.5 Å². The molecule has 2 heterocycles. The lowest BCUT2D eigenvalue weighted by molar-refractivity contribution is -0.0223. The molecule has 0 amide bonds. The maximum absolute atomic E-state index is 11.7. The van der Waals surface area contributed by atoms with Crippen LogP contribution in [0.3, 0.4) is 0 Å². The summed E-state index contributed by atoms with van der Waals surface area (Å²) in [5.74, 6) is 0.481. The van der Waals surface area contributed by atoms with E-state index < -0.39 is 0 Å². The van der Waals surface area contributed by atoms with E-state index in [9.17, 15) is 4.79 Å². The molecule has 0 saturated carbocycles. The van der Waals surface area contributed by atoms with Gasteiger partial charge in [-0.05, 0) is 18.9 Å². The zero-order chi connectivity index (χ0) is 16.1. The van der Waals surface area contributed by atoms with Gasteiger partial charge in [-0.25, -0.2) is 0 Å². The van der Waals surface area contributed by atoms with Crippen molar-refractivity contribution >= 4 is 0 Å². The molecule has 1 fully saturated rings. The molecule has 1 N–H and O–H groups in total. The summed E-state index contributed by atoms with van der Waals surface area (Å²) in [6, 6.07) is 0. The second-order valence-corrected chi connectivity index (χ2v) is 6.02. The topological polar surface area (TPSA) is 67.5 Å². The second-order valence-electron chi connectivity index (χ2n) is 6.02. The predicted octanol–water partition coefficient (Wildman–Crippen LogP) is 1.12. The highest BCUT2D eigenvalue weighted by Gasteiger charge is 2.26. The molecule has 1 saturated heterocycles. The fourth-order valence-electron chi connectivity index (χ4n) is 3.08. The minimum absolute atomic E-state index is 0.00964. The summed E-state index contributed by atoms with van der Waals surface area (Å²) in [4.78, 5) is 20.8. The van der Waals surface area contributed by atoms with Gasteiger partial charge < -0.3 is 14.5 Å². The number of rotatable bonds is 6. The predicted molar refractivity (Wildman–Crippen MR) is 87.1 cm³/mol. The minimum Gasteiger partial charge on any atom is -0.374 e. The number of hydrogen-bond donors (Lipinski definition) is 1. The zero-order valence-electron chi connectivity index (χ0n) is 13.4. The first-order valence-corrected chi connectivity index (χ1v) is 8.00. The SMILES string of the molecule is COC1C=CC=CC1OCC1CCN(Cc2ncc[nH]c2=O)C1. The largest absolute Gasteiger partial charge is 0.374 e. The van der Waals surface area contributed by atoms with Crippen LogP contribution in [0.5, 0.6) is 0 Å². The molecule has 3 unspecified atom stereocenters. The smallest absolute Gasteiger partial charge is 0.270 e. The highest BCUT2D eigenvalue weighted by Crippen LogP contribution is 2.20. The maximum Gasteiger partial charge on any atom is 0.270 e. The fourth-order valence-corrected chi connectivity index (χ4v) is 3.08. The van der Waals surface area contributed by atoms with Gasteiger partial charge in [0.25, 0.3) is 5.56 Å². The number of nitrogens with one attached hydrogen (secondary N) is 1. The average molecular weight is 317 g/mol. The molecule has 3 rings (SSSR count). The van der Waals surface area contributed by atoms with Crippen molar-refractivity contribution in [3.63, 3.8) is 0 Å². The van der Waals surface area contributed by atoms with Crippen LogP contribution in [0.1, 0.15) is 12.1 Å². The lowest BCUT2D eigenvalue weighted by Crippen LogP contribution is -2.31. The number of aromatic nitrogens is 2. The number of allylic oxidation sites excluding steroid dienone is 2. The molecule has 0 bridgehead atoms. The first kappa shape index (κ1) is 16.1. The highest BCUT2D eigenvalue weighted by atomic mass is 16.5. The third-order valence-corrected chi connectivity index (χ3v) is 4.36. The van der Waals surface area contributed by atoms with E-state index in [0.29, 0.717) is 24.8 Å². The van der Waals surface area contributed by atoms with Gasteiger partial charge >= 0.3 is 0 Å². The van der Waals surface area contributed by atoms with Crippen LogP contribution in [-0.2, 0) is 16.0 Å². The first-order valence-electron chi connectivity index (χ1n) is 8.00. The lowest BCUT2D eigenvalue weighted by atomic mass is 10.1. The number of nitrogens with zero attached hydrogens (tertiary/aromatic N) is 2. The van der Waals surface area contributed by atoms with Crippen LogP contribution >= 0.6 is 0 Å². The van der Waals surface area contributed by atoms with E-state index >= 15 is 0 Å². The summed E-state index contributed by atoms with van der Waals surface area (Å²) >= 11 is 0. The zero-order valence-corrected chi connectivity index (χ0v) is 13.4. The Balaban J connectivity index is 1.47. The summed E-state index contributed by atoms with van der Waals surface area (Å²) in [6.07, 6.45) is 12.3. The molecule has 0 radical (unpaired) electrons. The van der Waals surface area contributed by atoms with E-state index in [4.69, 9.17) is 9.47 Å². The number of ether oxygens (including phenoxy) is 2. The van der Waals surface area contributed by atoms with Crippen molar-refractivity contribution in [2.24, 2.45) is 5.92 Å². The fraction of sp³-hybridized carbons (Fsp3) is 0.529. The molecule has 3 atom stereocenters. The van der Waals surface area contributed by atoms with Crippen LogP contribution in [-0.4, -0.2) is 53.9 Å². The Kier molecular flexibility index (Phi) is 5.38. The van der Waals surface area contributed by atoms with Gasteiger partial charge in [0.2, 0.25) is 0 Å². The molecule has 0 aromatic carbocycles. The van der Waals surface area contributed by atoms with Gasteiger partial charge in [0.1, 0.15) is 17.9 Å². The van der Waals surface area contributed by atoms with Crippen LogP contribution in [0.25, 0.3) is 0 Å². The summed E-state index contributed by atoms with van der Waals surface area (Å²) in [6.45, 7) is 3.20. The van der Waals surface area contributed by atoms with Crippen molar-refractivity contribution < 1.29 is 9.47 Å². The van der Waals surface area contributed by atoms with E-state index in [0.717, 1.165) is 19.5 Å². The summed E-state index contributed by atoms with van der Waals surface area (Å²) in [5.41, 5.74) is 0.475. The normalized spacial score (nSPS) is 27.6. The monoisotopic (exact) mass is 317 g/mol. The molecule has 0 spiro atoms. The minimum atomic E-state index is -0.103. The first-order chi connectivity index (χ1) is 11.3. The summed E-state index contributed by atoms with van der Waals surface area (Å²) in [5, 5.41) is 0. The molecule has 6 nitrogen and oxygen atoms in total.